The molecular weight excluding hydrogens is 224 g/mol. The number of para-hydroxylation sites is 1. The van der Waals surface area contributed by atoms with Gasteiger partial charge in [-0.2, -0.15) is 5.26 Å². The predicted octanol–water partition coefficient (Wildman–Crippen LogP) is 3.39. The van der Waals surface area contributed by atoms with Gasteiger partial charge in [0.25, 0.3) is 0 Å². The maximum atomic E-state index is 8.59. The summed E-state index contributed by atoms with van der Waals surface area (Å²) in [6.45, 7) is 0. The SMILES string of the molecule is N#CCC(N)c1ccc(Oc2ccccc2)cc1. The smallest absolute Gasteiger partial charge is 0.127 e. The van der Waals surface area contributed by atoms with E-state index in [2.05, 4.69) is 6.07 Å². The highest BCUT2D eigenvalue weighted by atomic mass is 16.5. The van der Waals surface area contributed by atoms with Gasteiger partial charge in [0.15, 0.2) is 0 Å². The van der Waals surface area contributed by atoms with Crippen LogP contribution in [0.4, 0.5) is 0 Å². The second kappa shape index (κ2) is 5.85. The van der Waals surface area contributed by atoms with E-state index >= 15 is 0 Å². The maximum Gasteiger partial charge on any atom is 0.127 e. The highest BCUT2D eigenvalue weighted by Gasteiger charge is 2.05. The summed E-state index contributed by atoms with van der Waals surface area (Å²) in [5.41, 5.74) is 6.79. The van der Waals surface area contributed by atoms with Crippen LogP contribution in [0, 0.1) is 11.3 Å². The van der Waals surface area contributed by atoms with Crippen molar-refractivity contribution < 1.29 is 4.74 Å². The molecular formula is C15H14N2O. The summed E-state index contributed by atoms with van der Waals surface area (Å²) in [5, 5.41) is 8.59. The van der Waals surface area contributed by atoms with Gasteiger partial charge in [0, 0.05) is 6.04 Å². The van der Waals surface area contributed by atoms with Gasteiger partial charge in [-0.3, -0.25) is 0 Å². The van der Waals surface area contributed by atoms with Gasteiger partial charge in [-0.05, 0) is 29.8 Å². The van der Waals surface area contributed by atoms with Crippen molar-refractivity contribution in [1.82, 2.24) is 0 Å². The fourth-order valence-corrected chi connectivity index (χ4v) is 1.62. The number of ether oxygens (including phenoxy) is 1. The third-order valence-corrected chi connectivity index (χ3v) is 2.60. The fraction of sp³-hybridized carbons (Fsp3) is 0.133. The Kier molecular flexibility index (Phi) is 3.95. The first kappa shape index (κ1) is 12.2. The van der Waals surface area contributed by atoms with Crippen molar-refractivity contribution in [3.8, 4) is 17.6 Å². The van der Waals surface area contributed by atoms with Crippen LogP contribution in [0.2, 0.25) is 0 Å². The van der Waals surface area contributed by atoms with Crippen LogP contribution in [0.1, 0.15) is 18.0 Å². The summed E-state index contributed by atoms with van der Waals surface area (Å²) >= 11 is 0. The Morgan fingerprint density at radius 1 is 1.00 bits per heavy atom. The molecule has 0 aromatic heterocycles. The molecule has 2 aromatic carbocycles. The Morgan fingerprint density at radius 3 is 2.22 bits per heavy atom. The van der Waals surface area contributed by atoms with Gasteiger partial charge >= 0.3 is 0 Å². The van der Waals surface area contributed by atoms with E-state index in [4.69, 9.17) is 15.7 Å². The summed E-state index contributed by atoms with van der Waals surface area (Å²) < 4.78 is 5.67. The minimum atomic E-state index is -0.235. The third-order valence-electron chi connectivity index (χ3n) is 2.60. The van der Waals surface area contributed by atoms with E-state index < -0.39 is 0 Å². The Bertz CT molecular complexity index is 529. The monoisotopic (exact) mass is 238 g/mol. The van der Waals surface area contributed by atoms with Crippen molar-refractivity contribution in [2.45, 2.75) is 12.5 Å². The number of nitriles is 1. The number of hydrogen-bond acceptors (Lipinski definition) is 3. The first-order chi connectivity index (χ1) is 8.79. The average Bonchev–Trinajstić information content (AvgIpc) is 2.41. The van der Waals surface area contributed by atoms with Crippen molar-refractivity contribution in [2.75, 3.05) is 0 Å². The zero-order valence-electron chi connectivity index (χ0n) is 9.91. The van der Waals surface area contributed by atoms with Crippen molar-refractivity contribution in [1.29, 1.82) is 5.26 Å². The maximum absolute atomic E-state index is 8.59. The van der Waals surface area contributed by atoms with Gasteiger partial charge in [-0.25, -0.2) is 0 Å². The molecule has 3 nitrogen and oxygen atoms in total. The normalized spacial score (nSPS) is 11.6. The minimum absolute atomic E-state index is 0.235. The van der Waals surface area contributed by atoms with E-state index in [0.717, 1.165) is 17.1 Å². The molecule has 0 spiro atoms. The van der Waals surface area contributed by atoms with Gasteiger partial charge in [0.2, 0.25) is 0 Å². The minimum Gasteiger partial charge on any atom is -0.457 e. The van der Waals surface area contributed by atoms with E-state index in [1.807, 2.05) is 54.6 Å². The summed E-state index contributed by atoms with van der Waals surface area (Å²) in [5.74, 6) is 1.56. The number of rotatable bonds is 4. The molecule has 0 bridgehead atoms. The van der Waals surface area contributed by atoms with Crippen LogP contribution in [0.5, 0.6) is 11.5 Å². The standard InChI is InChI=1S/C15H14N2O/c16-11-10-15(17)12-6-8-14(9-7-12)18-13-4-2-1-3-5-13/h1-9,15H,10,17H2. The summed E-state index contributed by atoms with van der Waals surface area (Å²) in [7, 11) is 0. The lowest BCUT2D eigenvalue weighted by molar-refractivity contribution is 0.482. The number of nitrogens with two attached hydrogens (primary N) is 1. The lowest BCUT2D eigenvalue weighted by Gasteiger charge is -2.09. The zero-order chi connectivity index (χ0) is 12.8. The number of nitrogens with zero attached hydrogens (tertiary/aromatic N) is 1. The lowest BCUT2D eigenvalue weighted by Crippen LogP contribution is -2.08. The molecule has 0 saturated carbocycles. The Morgan fingerprint density at radius 2 is 1.61 bits per heavy atom. The molecule has 0 radical (unpaired) electrons. The van der Waals surface area contributed by atoms with E-state index in [1.165, 1.54) is 0 Å². The predicted molar refractivity (Wildman–Crippen MR) is 70.1 cm³/mol. The largest absolute Gasteiger partial charge is 0.457 e. The summed E-state index contributed by atoms with van der Waals surface area (Å²) in [4.78, 5) is 0. The Balaban J connectivity index is 2.07. The van der Waals surface area contributed by atoms with Crippen LogP contribution < -0.4 is 10.5 Å². The first-order valence-corrected chi connectivity index (χ1v) is 5.75. The van der Waals surface area contributed by atoms with Crippen molar-refractivity contribution in [3.63, 3.8) is 0 Å². The van der Waals surface area contributed by atoms with Gasteiger partial charge in [0.05, 0.1) is 12.5 Å². The fourth-order valence-electron chi connectivity index (χ4n) is 1.62. The van der Waals surface area contributed by atoms with Crippen molar-refractivity contribution in [2.24, 2.45) is 5.73 Å². The van der Waals surface area contributed by atoms with E-state index in [0.29, 0.717) is 6.42 Å². The van der Waals surface area contributed by atoms with E-state index in [-0.39, 0.29) is 6.04 Å². The molecule has 18 heavy (non-hydrogen) atoms. The molecule has 0 aliphatic carbocycles. The van der Waals surface area contributed by atoms with Gasteiger partial charge < -0.3 is 10.5 Å². The molecule has 2 N–H and O–H groups in total. The van der Waals surface area contributed by atoms with Crippen molar-refractivity contribution >= 4 is 0 Å². The van der Waals surface area contributed by atoms with Gasteiger partial charge in [-0.1, -0.05) is 30.3 Å². The van der Waals surface area contributed by atoms with E-state index in [9.17, 15) is 0 Å². The molecule has 0 amide bonds. The van der Waals surface area contributed by atoms with Crippen LogP contribution in [-0.4, -0.2) is 0 Å². The van der Waals surface area contributed by atoms with Gasteiger partial charge in [0.1, 0.15) is 11.5 Å². The van der Waals surface area contributed by atoms with Crippen LogP contribution in [0.25, 0.3) is 0 Å². The molecule has 2 aromatic rings. The van der Waals surface area contributed by atoms with E-state index in [1.54, 1.807) is 0 Å². The molecule has 1 unspecified atom stereocenters. The molecule has 0 fully saturated rings. The lowest BCUT2D eigenvalue weighted by atomic mass is 10.1. The quantitative estimate of drug-likeness (QED) is 0.888. The average molecular weight is 238 g/mol. The third kappa shape index (κ3) is 3.09. The zero-order valence-corrected chi connectivity index (χ0v) is 9.91. The van der Waals surface area contributed by atoms with Crippen LogP contribution in [-0.2, 0) is 0 Å². The number of hydrogen-bond donors (Lipinski definition) is 1. The highest BCUT2D eigenvalue weighted by molar-refractivity contribution is 5.34. The molecule has 0 heterocycles. The van der Waals surface area contributed by atoms with Crippen molar-refractivity contribution in [3.05, 3.63) is 60.2 Å². The molecule has 0 aliphatic heterocycles. The summed E-state index contributed by atoms with van der Waals surface area (Å²) in [6, 6.07) is 18.9. The topological polar surface area (TPSA) is 59.0 Å². The second-order valence-corrected chi connectivity index (χ2v) is 3.95. The first-order valence-electron chi connectivity index (χ1n) is 5.75. The van der Waals surface area contributed by atoms with Gasteiger partial charge in [-0.15, -0.1) is 0 Å². The summed E-state index contributed by atoms with van der Waals surface area (Å²) in [6.07, 6.45) is 0.318. The highest BCUT2D eigenvalue weighted by Crippen LogP contribution is 2.23. The second-order valence-electron chi connectivity index (χ2n) is 3.95. The molecule has 0 saturated heterocycles. The number of benzene rings is 2. The molecule has 3 heteroatoms. The molecule has 90 valence electrons. The van der Waals surface area contributed by atoms with Crippen LogP contribution in [0.3, 0.4) is 0 Å². The van der Waals surface area contributed by atoms with Crippen LogP contribution >= 0.6 is 0 Å². The Labute approximate surface area is 106 Å². The Hall–Kier alpha value is -2.31. The molecule has 1 atom stereocenters. The van der Waals surface area contributed by atoms with Crippen LogP contribution in [0.15, 0.2) is 54.6 Å². The molecule has 0 aliphatic rings. The molecule has 2 rings (SSSR count).